The number of hydrogen-bond acceptors (Lipinski definition) is 2. The van der Waals surface area contributed by atoms with Crippen molar-refractivity contribution in [1.29, 1.82) is 0 Å². The van der Waals surface area contributed by atoms with Gasteiger partial charge in [0.1, 0.15) is 0 Å². The Balaban J connectivity index is 1.98. The normalized spacial score (nSPS) is 10.8. The van der Waals surface area contributed by atoms with E-state index in [1.165, 1.54) is 0 Å². The predicted molar refractivity (Wildman–Crippen MR) is 74.1 cm³/mol. The van der Waals surface area contributed by atoms with Gasteiger partial charge >= 0.3 is 0 Å². The van der Waals surface area contributed by atoms with Gasteiger partial charge in [-0.25, -0.2) is 0 Å². The molecule has 0 saturated heterocycles. The standard InChI is InChI=1S/C14H14N4O/c1-17-9-12(11-5-3-4-6-13(11)17)14(19)16-10-7-15-18(2)8-10/h3-9H,1-2H3,(H,16,19). The van der Waals surface area contributed by atoms with Gasteiger partial charge in [0.15, 0.2) is 0 Å². The minimum atomic E-state index is -0.121. The van der Waals surface area contributed by atoms with Crippen LogP contribution in [0.3, 0.4) is 0 Å². The maximum Gasteiger partial charge on any atom is 0.257 e. The minimum Gasteiger partial charge on any atom is -0.350 e. The van der Waals surface area contributed by atoms with Crippen LogP contribution in [0.4, 0.5) is 5.69 Å². The van der Waals surface area contributed by atoms with Crippen molar-refractivity contribution < 1.29 is 4.79 Å². The fourth-order valence-corrected chi connectivity index (χ4v) is 2.21. The summed E-state index contributed by atoms with van der Waals surface area (Å²) in [7, 11) is 3.75. The molecule has 0 fully saturated rings. The van der Waals surface area contributed by atoms with Gasteiger partial charge in [0, 0.05) is 37.4 Å². The second kappa shape index (κ2) is 4.28. The molecule has 0 atom stereocenters. The molecule has 2 aromatic heterocycles. The predicted octanol–water partition coefficient (Wildman–Crippen LogP) is 2.16. The Morgan fingerprint density at radius 2 is 2.00 bits per heavy atom. The van der Waals surface area contributed by atoms with Gasteiger partial charge in [-0.1, -0.05) is 18.2 Å². The van der Waals surface area contributed by atoms with Gasteiger partial charge in [0.25, 0.3) is 5.91 Å². The third kappa shape index (κ3) is 1.99. The number of hydrogen-bond donors (Lipinski definition) is 1. The van der Waals surface area contributed by atoms with Crippen molar-refractivity contribution in [2.24, 2.45) is 14.1 Å². The summed E-state index contributed by atoms with van der Waals surface area (Å²) in [6, 6.07) is 7.85. The molecule has 0 bridgehead atoms. The van der Waals surface area contributed by atoms with E-state index < -0.39 is 0 Å². The van der Waals surface area contributed by atoms with Crippen LogP contribution in [0.5, 0.6) is 0 Å². The second-order valence-electron chi connectivity index (χ2n) is 4.53. The first kappa shape index (κ1) is 11.5. The first-order chi connectivity index (χ1) is 9.15. The molecule has 0 saturated carbocycles. The summed E-state index contributed by atoms with van der Waals surface area (Å²) in [6.45, 7) is 0. The van der Waals surface area contributed by atoms with E-state index in [-0.39, 0.29) is 5.91 Å². The highest BCUT2D eigenvalue weighted by Gasteiger charge is 2.14. The number of carbonyl (C=O) groups is 1. The van der Waals surface area contributed by atoms with E-state index in [4.69, 9.17) is 0 Å². The highest BCUT2D eigenvalue weighted by molar-refractivity contribution is 6.12. The molecule has 3 aromatic rings. The molecule has 3 rings (SSSR count). The third-order valence-electron chi connectivity index (χ3n) is 3.10. The second-order valence-corrected chi connectivity index (χ2v) is 4.53. The Morgan fingerprint density at radius 1 is 1.21 bits per heavy atom. The molecule has 96 valence electrons. The van der Waals surface area contributed by atoms with Crippen LogP contribution in [0.2, 0.25) is 0 Å². The molecule has 5 nitrogen and oxygen atoms in total. The van der Waals surface area contributed by atoms with Crippen LogP contribution in [0.15, 0.2) is 42.9 Å². The zero-order chi connectivity index (χ0) is 13.4. The van der Waals surface area contributed by atoms with Crippen LogP contribution in [-0.2, 0) is 14.1 Å². The Kier molecular flexibility index (Phi) is 2.59. The highest BCUT2D eigenvalue weighted by Crippen LogP contribution is 2.21. The number of amides is 1. The lowest BCUT2D eigenvalue weighted by atomic mass is 10.1. The molecular formula is C14H14N4O. The number of rotatable bonds is 2. The quantitative estimate of drug-likeness (QED) is 0.762. The van der Waals surface area contributed by atoms with Crippen molar-refractivity contribution in [3.05, 3.63) is 48.4 Å². The van der Waals surface area contributed by atoms with Gasteiger partial charge in [-0.15, -0.1) is 0 Å². The molecule has 0 aliphatic carbocycles. The number of anilines is 1. The molecular weight excluding hydrogens is 240 g/mol. The summed E-state index contributed by atoms with van der Waals surface area (Å²) in [4.78, 5) is 12.3. The maximum absolute atomic E-state index is 12.3. The first-order valence-electron chi connectivity index (χ1n) is 5.99. The number of nitrogens with zero attached hydrogens (tertiary/aromatic N) is 3. The van der Waals surface area contributed by atoms with E-state index in [9.17, 15) is 4.79 Å². The smallest absolute Gasteiger partial charge is 0.257 e. The van der Waals surface area contributed by atoms with Crippen molar-refractivity contribution in [1.82, 2.24) is 14.3 Å². The lowest BCUT2D eigenvalue weighted by Gasteiger charge is -2.00. The maximum atomic E-state index is 12.3. The van der Waals surface area contributed by atoms with E-state index >= 15 is 0 Å². The van der Waals surface area contributed by atoms with E-state index in [1.807, 2.05) is 49.1 Å². The highest BCUT2D eigenvalue weighted by atomic mass is 16.1. The van der Waals surface area contributed by atoms with Gasteiger partial charge in [-0.05, 0) is 6.07 Å². The molecule has 1 N–H and O–H groups in total. The zero-order valence-electron chi connectivity index (χ0n) is 10.8. The van der Waals surface area contributed by atoms with Crippen LogP contribution >= 0.6 is 0 Å². The minimum absolute atomic E-state index is 0.121. The fourth-order valence-electron chi connectivity index (χ4n) is 2.21. The molecule has 1 aromatic carbocycles. The molecule has 19 heavy (non-hydrogen) atoms. The number of benzene rings is 1. The molecule has 1 amide bonds. The van der Waals surface area contributed by atoms with E-state index in [1.54, 1.807) is 17.1 Å². The number of fused-ring (bicyclic) bond motifs is 1. The molecule has 0 aliphatic rings. The number of nitrogens with one attached hydrogen (secondary N) is 1. The molecule has 0 spiro atoms. The number of para-hydroxylation sites is 1. The Morgan fingerprint density at radius 3 is 2.74 bits per heavy atom. The van der Waals surface area contributed by atoms with Gasteiger partial charge in [-0.3, -0.25) is 9.48 Å². The summed E-state index contributed by atoms with van der Waals surface area (Å²) < 4.78 is 3.60. The number of aryl methyl sites for hydroxylation is 2. The Bertz CT molecular complexity index is 754. The summed E-state index contributed by atoms with van der Waals surface area (Å²) in [5.74, 6) is -0.121. The van der Waals surface area contributed by atoms with Crippen LogP contribution in [0, 0.1) is 0 Å². The van der Waals surface area contributed by atoms with E-state index in [2.05, 4.69) is 10.4 Å². The van der Waals surface area contributed by atoms with Crippen molar-refractivity contribution >= 4 is 22.5 Å². The largest absolute Gasteiger partial charge is 0.350 e. The Hall–Kier alpha value is -2.56. The van der Waals surface area contributed by atoms with E-state index in [0.29, 0.717) is 11.3 Å². The topological polar surface area (TPSA) is 51.9 Å². The van der Waals surface area contributed by atoms with Gasteiger partial charge in [0.05, 0.1) is 17.4 Å². The van der Waals surface area contributed by atoms with Crippen LogP contribution in [-0.4, -0.2) is 20.3 Å². The lowest BCUT2D eigenvalue weighted by molar-refractivity contribution is 0.102. The van der Waals surface area contributed by atoms with Gasteiger partial charge in [0.2, 0.25) is 0 Å². The SMILES string of the molecule is Cn1cc(NC(=O)c2cn(C)c3ccccc23)cn1. The summed E-state index contributed by atoms with van der Waals surface area (Å²) in [5.41, 5.74) is 2.40. The van der Waals surface area contributed by atoms with Crippen LogP contribution < -0.4 is 5.32 Å². The summed E-state index contributed by atoms with van der Waals surface area (Å²) in [5, 5.41) is 7.83. The lowest BCUT2D eigenvalue weighted by Crippen LogP contribution is -2.10. The van der Waals surface area contributed by atoms with Crippen molar-refractivity contribution in [2.45, 2.75) is 0 Å². The van der Waals surface area contributed by atoms with Gasteiger partial charge < -0.3 is 9.88 Å². The van der Waals surface area contributed by atoms with Crippen molar-refractivity contribution in [3.63, 3.8) is 0 Å². The van der Waals surface area contributed by atoms with Crippen molar-refractivity contribution in [2.75, 3.05) is 5.32 Å². The Labute approximate surface area is 110 Å². The monoisotopic (exact) mass is 254 g/mol. The average Bonchev–Trinajstić information content (AvgIpc) is 2.95. The van der Waals surface area contributed by atoms with Crippen LogP contribution in [0.25, 0.3) is 10.9 Å². The number of carbonyl (C=O) groups excluding carboxylic acids is 1. The summed E-state index contributed by atoms with van der Waals surface area (Å²) >= 11 is 0. The van der Waals surface area contributed by atoms with Crippen molar-refractivity contribution in [3.8, 4) is 0 Å². The third-order valence-corrected chi connectivity index (χ3v) is 3.10. The van der Waals surface area contributed by atoms with Gasteiger partial charge in [-0.2, -0.15) is 5.10 Å². The summed E-state index contributed by atoms with van der Waals surface area (Å²) in [6.07, 6.45) is 5.24. The first-order valence-corrected chi connectivity index (χ1v) is 5.99. The molecule has 0 radical (unpaired) electrons. The van der Waals surface area contributed by atoms with E-state index in [0.717, 1.165) is 10.9 Å². The molecule has 2 heterocycles. The average molecular weight is 254 g/mol. The molecule has 5 heteroatoms. The fraction of sp³-hybridized carbons (Fsp3) is 0.143. The number of aromatic nitrogens is 3. The van der Waals surface area contributed by atoms with Crippen LogP contribution in [0.1, 0.15) is 10.4 Å². The zero-order valence-corrected chi connectivity index (χ0v) is 10.8. The molecule has 0 unspecified atom stereocenters. The molecule has 0 aliphatic heterocycles.